The number of anilines is 1. The summed E-state index contributed by atoms with van der Waals surface area (Å²) >= 11 is 0. The summed E-state index contributed by atoms with van der Waals surface area (Å²) in [5.41, 5.74) is 1.22. The van der Waals surface area contributed by atoms with Crippen molar-refractivity contribution in [1.82, 2.24) is 14.9 Å². The van der Waals surface area contributed by atoms with Gasteiger partial charge in [-0.3, -0.25) is 9.36 Å². The first kappa shape index (κ1) is 14.6. The highest BCUT2D eigenvalue weighted by atomic mass is 16.2. The van der Waals surface area contributed by atoms with Gasteiger partial charge in [0.25, 0.3) is 0 Å². The molecular formula is C16H20N4O2. The monoisotopic (exact) mass is 300 g/mol. The number of nitrogens with zero attached hydrogens (tertiary/aromatic N) is 1. The number of benzene rings is 1. The predicted octanol–water partition coefficient (Wildman–Crippen LogP) is 1.64. The van der Waals surface area contributed by atoms with Gasteiger partial charge in [0.1, 0.15) is 0 Å². The minimum Gasteiger partial charge on any atom is -0.326 e. The zero-order valence-corrected chi connectivity index (χ0v) is 12.3. The zero-order chi connectivity index (χ0) is 15.4. The van der Waals surface area contributed by atoms with Gasteiger partial charge in [-0.05, 0) is 37.6 Å². The van der Waals surface area contributed by atoms with Crippen molar-refractivity contribution in [3.8, 4) is 5.69 Å². The number of aromatic amines is 1. The van der Waals surface area contributed by atoms with Crippen molar-refractivity contribution in [1.29, 1.82) is 0 Å². The van der Waals surface area contributed by atoms with E-state index in [0.717, 1.165) is 18.7 Å². The van der Waals surface area contributed by atoms with Crippen LogP contribution in [0, 0.1) is 0 Å². The van der Waals surface area contributed by atoms with E-state index in [1.807, 2.05) is 18.2 Å². The van der Waals surface area contributed by atoms with Gasteiger partial charge in [0.15, 0.2) is 0 Å². The van der Waals surface area contributed by atoms with Gasteiger partial charge in [0, 0.05) is 30.5 Å². The van der Waals surface area contributed by atoms with Crippen LogP contribution in [0.2, 0.25) is 0 Å². The van der Waals surface area contributed by atoms with E-state index < -0.39 is 0 Å². The smallest absolute Gasteiger partial charge is 0.326 e. The molecule has 22 heavy (non-hydrogen) atoms. The number of amides is 1. The molecule has 1 aliphatic heterocycles. The molecule has 0 saturated carbocycles. The van der Waals surface area contributed by atoms with E-state index in [1.165, 1.54) is 17.4 Å². The first-order valence-corrected chi connectivity index (χ1v) is 7.62. The average molecular weight is 300 g/mol. The molecular weight excluding hydrogens is 280 g/mol. The number of hydrogen-bond acceptors (Lipinski definition) is 3. The summed E-state index contributed by atoms with van der Waals surface area (Å²) in [6, 6.07) is 7.54. The zero-order valence-electron chi connectivity index (χ0n) is 12.3. The van der Waals surface area contributed by atoms with Gasteiger partial charge in [0.2, 0.25) is 5.91 Å². The predicted molar refractivity (Wildman–Crippen MR) is 85.3 cm³/mol. The molecule has 1 fully saturated rings. The molecule has 2 aromatic rings. The molecule has 1 amide bonds. The van der Waals surface area contributed by atoms with Crippen molar-refractivity contribution in [2.75, 3.05) is 11.9 Å². The second-order valence-electron chi connectivity index (χ2n) is 5.58. The number of imidazole rings is 1. The summed E-state index contributed by atoms with van der Waals surface area (Å²) in [7, 11) is 0. The molecule has 0 bridgehead atoms. The van der Waals surface area contributed by atoms with Gasteiger partial charge in [-0.1, -0.05) is 12.5 Å². The molecule has 6 nitrogen and oxygen atoms in total. The minimum absolute atomic E-state index is 0.00188. The number of hydrogen-bond donors (Lipinski definition) is 3. The molecule has 1 aliphatic rings. The normalized spacial score (nSPS) is 18.1. The van der Waals surface area contributed by atoms with Crippen molar-refractivity contribution < 1.29 is 4.79 Å². The van der Waals surface area contributed by atoms with Crippen LogP contribution in [0.1, 0.15) is 25.7 Å². The number of carbonyl (C=O) groups excluding carboxylic acids is 1. The molecule has 0 radical (unpaired) electrons. The second kappa shape index (κ2) is 6.62. The van der Waals surface area contributed by atoms with Crippen LogP contribution in [-0.4, -0.2) is 28.0 Å². The summed E-state index contributed by atoms with van der Waals surface area (Å²) in [5, 5.41) is 6.27. The third-order valence-electron chi connectivity index (χ3n) is 3.90. The van der Waals surface area contributed by atoms with E-state index in [2.05, 4.69) is 15.6 Å². The largest absolute Gasteiger partial charge is 0.330 e. The van der Waals surface area contributed by atoms with Crippen LogP contribution in [0.25, 0.3) is 5.69 Å². The van der Waals surface area contributed by atoms with Gasteiger partial charge < -0.3 is 15.6 Å². The molecule has 1 saturated heterocycles. The number of rotatable bonds is 4. The van der Waals surface area contributed by atoms with Crippen LogP contribution in [0.15, 0.2) is 41.5 Å². The Morgan fingerprint density at radius 1 is 1.36 bits per heavy atom. The van der Waals surface area contributed by atoms with E-state index in [1.54, 1.807) is 18.5 Å². The first-order chi connectivity index (χ1) is 10.7. The number of nitrogens with one attached hydrogen (secondary N) is 3. The Bertz CT molecular complexity index is 698. The molecule has 3 N–H and O–H groups in total. The van der Waals surface area contributed by atoms with Crippen molar-refractivity contribution >= 4 is 11.6 Å². The van der Waals surface area contributed by atoms with E-state index in [9.17, 15) is 9.59 Å². The van der Waals surface area contributed by atoms with E-state index in [-0.39, 0.29) is 17.6 Å². The van der Waals surface area contributed by atoms with Crippen LogP contribution in [-0.2, 0) is 4.79 Å². The Morgan fingerprint density at radius 3 is 3.00 bits per heavy atom. The lowest BCUT2D eigenvalue weighted by Crippen LogP contribution is -2.36. The van der Waals surface area contributed by atoms with Crippen molar-refractivity contribution in [2.24, 2.45) is 0 Å². The molecule has 0 aliphatic carbocycles. The number of carbonyl (C=O) groups is 1. The van der Waals surface area contributed by atoms with Gasteiger partial charge in [-0.25, -0.2) is 4.79 Å². The summed E-state index contributed by atoms with van der Waals surface area (Å²) in [4.78, 5) is 26.3. The molecule has 1 aromatic carbocycles. The Balaban J connectivity index is 1.66. The summed E-state index contributed by atoms with van der Waals surface area (Å²) < 4.78 is 1.50. The molecule has 1 aromatic heterocycles. The number of aromatic nitrogens is 2. The number of H-pyrrole nitrogens is 1. The van der Waals surface area contributed by atoms with Crippen molar-refractivity contribution in [3.05, 3.63) is 47.1 Å². The molecule has 2 heterocycles. The highest BCUT2D eigenvalue weighted by Gasteiger charge is 2.16. The molecule has 0 spiro atoms. The van der Waals surface area contributed by atoms with E-state index in [4.69, 9.17) is 0 Å². The Hall–Kier alpha value is -2.34. The standard InChI is InChI=1S/C16H20N4O2/c21-15(11-12-4-1-2-7-17-12)19-13-5-3-6-14(10-13)20-9-8-18-16(20)22/h3,5-6,8-10,12,17H,1-2,4,7,11H2,(H,18,22)(H,19,21). The van der Waals surface area contributed by atoms with Crippen molar-refractivity contribution in [3.63, 3.8) is 0 Å². The SMILES string of the molecule is O=C(CC1CCCCN1)Nc1cccc(-n2cc[nH]c2=O)c1. The summed E-state index contributed by atoms with van der Waals surface area (Å²) in [5.74, 6) is -0.00188. The quantitative estimate of drug-likeness (QED) is 0.803. The van der Waals surface area contributed by atoms with E-state index >= 15 is 0 Å². The van der Waals surface area contributed by atoms with Crippen LogP contribution in [0.3, 0.4) is 0 Å². The van der Waals surface area contributed by atoms with E-state index in [0.29, 0.717) is 12.1 Å². The number of piperidine rings is 1. The van der Waals surface area contributed by atoms with Gasteiger partial charge in [-0.2, -0.15) is 0 Å². The maximum absolute atomic E-state index is 12.1. The highest BCUT2D eigenvalue weighted by molar-refractivity contribution is 5.91. The van der Waals surface area contributed by atoms with Crippen LogP contribution < -0.4 is 16.3 Å². The van der Waals surface area contributed by atoms with Gasteiger partial charge in [0.05, 0.1) is 5.69 Å². The third-order valence-corrected chi connectivity index (χ3v) is 3.90. The lowest BCUT2D eigenvalue weighted by molar-refractivity contribution is -0.116. The van der Waals surface area contributed by atoms with Gasteiger partial charge >= 0.3 is 5.69 Å². The molecule has 1 atom stereocenters. The fourth-order valence-corrected chi connectivity index (χ4v) is 2.79. The lowest BCUT2D eigenvalue weighted by Gasteiger charge is -2.22. The fourth-order valence-electron chi connectivity index (χ4n) is 2.79. The Labute approximate surface area is 128 Å². The van der Waals surface area contributed by atoms with Crippen molar-refractivity contribution in [2.45, 2.75) is 31.7 Å². The molecule has 3 rings (SSSR count). The third kappa shape index (κ3) is 3.46. The molecule has 116 valence electrons. The minimum atomic E-state index is -0.199. The molecule has 1 unspecified atom stereocenters. The highest BCUT2D eigenvalue weighted by Crippen LogP contribution is 2.15. The maximum Gasteiger partial charge on any atom is 0.330 e. The van der Waals surface area contributed by atoms with Crippen LogP contribution >= 0.6 is 0 Å². The summed E-state index contributed by atoms with van der Waals surface area (Å²) in [6.07, 6.45) is 7.14. The lowest BCUT2D eigenvalue weighted by atomic mass is 10.0. The Kier molecular flexibility index (Phi) is 4.39. The molecule has 6 heteroatoms. The summed E-state index contributed by atoms with van der Waals surface area (Å²) in [6.45, 7) is 0.990. The second-order valence-corrected chi connectivity index (χ2v) is 5.58. The fraction of sp³-hybridized carbons (Fsp3) is 0.375. The maximum atomic E-state index is 12.1. The van der Waals surface area contributed by atoms with Gasteiger partial charge in [-0.15, -0.1) is 0 Å². The van der Waals surface area contributed by atoms with Crippen LogP contribution in [0.4, 0.5) is 5.69 Å². The Morgan fingerprint density at radius 2 is 2.27 bits per heavy atom. The topological polar surface area (TPSA) is 78.9 Å². The first-order valence-electron chi connectivity index (χ1n) is 7.62. The van der Waals surface area contributed by atoms with Crippen LogP contribution in [0.5, 0.6) is 0 Å². The average Bonchev–Trinajstić information content (AvgIpc) is 2.94.